The van der Waals surface area contributed by atoms with E-state index in [0.717, 1.165) is 26.1 Å². The summed E-state index contributed by atoms with van der Waals surface area (Å²) in [7, 11) is 0. The topological polar surface area (TPSA) is 70.7 Å². The maximum Gasteiger partial charge on any atom is 0.313 e. The van der Waals surface area contributed by atoms with Crippen LogP contribution in [0.3, 0.4) is 0 Å². The summed E-state index contributed by atoms with van der Waals surface area (Å²) in [6.07, 6.45) is 0.873. The molecule has 1 fully saturated rings. The highest BCUT2D eigenvalue weighted by Crippen LogP contribution is 2.21. The number of para-hydroxylation sites is 1. The first-order valence-electron chi connectivity index (χ1n) is 9.25. The van der Waals surface area contributed by atoms with Crippen LogP contribution in [-0.2, 0) is 14.3 Å². The van der Waals surface area contributed by atoms with Crippen LogP contribution < -0.4 is 10.6 Å². The zero-order valence-electron chi connectivity index (χ0n) is 15.3. The Kier molecular flexibility index (Phi) is 6.96. The van der Waals surface area contributed by atoms with Crippen LogP contribution in [0, 0.1) is 0 Å². The number of nitrogens with one attached hydrogen (secondary N) is 2. The summed E-state index contributed by atoms with van der Waals surface area (Å²) in [5, 5.41) is 5.25. The number of hydrogen-bond donors (Lipinski definition) is 2. The van der Waals surface area contributed by atoms with Crippen molar-refractivity contribution in [2.24, 2.45) is 0 Å². The molecule has 27 heavy (non-hydrogen) atoms. The fraction of sp³-hybridized carbons (Fsp3) is 0.333. The molecule has 3 rings (SSSR count). The normalized spacial score (nSPS) is 17.3. The van der Waals surface area contributed by atoms with E-state index in [9.17, 15) is 9.59 Å². The number of amides is 2. The Bertz CT molecular complexity index is 737. The quantitative estimate of drug-likeness (QED) is 0.607. The predicted molar refractivity (Wildman–Crippen MR) is 104 cm³/mol. The molecule has 2 amide bonds. The highest BCUT2D eigenvalue weighted by Gasteiger charge is 2.21. The summed E-state index contributed by atoms with van der Waals surface area (Å²) >= 11 is 0. The maximum atomic E-state index is 11.9. The first kappa shape index (κ1) is 19.1. The van der Waals surface area contributed by atoms with Crippen molar-refractivity contribution in [2.75, 3.05) is 38.1 Å². The molecule has 0 saturated carbocycles. The van der Waals surface area contributed by atoms with Crippen LogP contribution in [0.5, 0.6) is 0 Å². The van der Waals surface area contributed by atoms with E-state index < -0.39 is 11.8 Å². The molecule has 0 bridgehead atoms. The molecule has 2 N–H and O–H groups in total. The highest BCUT2D eigenvalue weighted by atomic mass is 16.5. The second-order valence-electron chi connectivity index (χ2n) is 6.50. The number of hydrogen-bond acceptors (Lipinski definition) is 4. The third kappa shape index (κ3) is 5.91. The summed E-state index contributed by atoms with van der Waals surface area (Å²) in [6, 6.07) is 19.2. The van der Waals surface area contributed by atoms with Crippen molar-refractivity contribution in [3.05, 3.63) is 66.2 Å². The second-order valence-corrected chi connectivity index (χ2v) is 6.50. The number of ether oxygens (including phenoxy) is 1. The fourth-order valence-electron chi connectivity index (χ4n) is 3.07. The van der Waals surface area contributed by atoms with E-state index in [0.29, 0.717) is 18.8 Å². The lowest BCUT2D eigenvalue weighted by Gasteiger charge is -2.33. The molecule has 142 valence electrons. The Balaban J connectivity index is 1.36. The van der Waals surface area contributed by atoms with Crippen molar-refractivity contribution in [1.82, 2.24) is 10.2 Å². The van der Waals surface area contributed by atoms with E-state index in [2.05, 4.69) is 27.7 Å². The van der Waals surface area contributed by atoms with E-state index >= 15 is 0 Å². The predicted octanol–water partition coefficient (Wildman–Crippen LogP) is 2.20. The van der Waals surface area contributed by atoms with E-state index in [-0.39, 0.29) is 6.10 Å². The van der Waals surface area contributed by atoms with Crippen LogP contribution in [0.25, 0.3) is 0 Å². The monoisotopic (exact) mass is 367 g/mol. The zero-order chi connectivity index (χ0) is 18.9. The number of morpholine rings is 1. The minimum absolute atomic E-state index is 0.0891. The van der Waals surface area contributed by atoms with Gasteiger partial charge in [-0.1, -0.05) is 48.5 Å². The average Bonchev–Trinajstić information content (AvgIpc) is 2.72. The molecule has 0 aromatic heterocycles. The second kappa shape index (κ2) is 9.85. The first-order chi connectivity index (χ1) is 13.2. The molecule has 0 radical (unpaired) electrons. The molecule has 0 spiro atoms. The molecule has 6 heteroatoms. The standard InChI is InChI=1S/C21H25N3O3/c25-20(21(26)23-18-10-5-2-6-11-18)22-12-7-13-24-14-15-27-19(16-24)17-8-3-1-4-9-17/h1-6,8-11,19H,7,12-16H2,(H,22,25)(H,23,26)/t19-/m1/s1. The van der Waals surface area contributed by atoms with Gasteiger partial charge < -0.3 is 15.4 Å². The largest absolute Gasteiger partial charge is 0.371 e. The van der Waals surface area contributed by atoms with Crippen LogP contribution in [0.1, 0.15) is 18.1 Å². The summed E-state index contributed by atoms with van der Waals surface area (Å²) in [5.41, 5.74) is 1.80. The Morgan fingerprint density at radius 3 is 2.44 bits per heavy atom. The van der Waals surface area contributed by atoms with Crippen molar-refractivity contribution in [3.63, 3.8) is 0 Å². The molecule has 1 heterocycles. The summed E-state index contributed by atoms with van der Waals surface area (Å²) in [5.74, 6) is -1.25. The molecular formula is C21H25N3O3. The van der Waals surface area contributed by atoms with Crippen molar-refractivity contribution < 1.29 is 14.3 Å². The Hall–Kier alpha value is -2.70. The molecule has 1 aliphatic rings. The third-order valence-electron chi connectivity index (χ3n) is 4.50. The summed E-state index contributed by atoms with van der Waals surface area (Å²) < 4.78 is 5.86. The first-order valence-corrected chi connectivity index (χ1v) is 9.25. The van der Waals surface area contributed by atoms with Gasteiger partial charge in [-0.3, -0.25) is 14.5 Å². The van der Waals surface area contributed by atoms with Crippen molar-refractivity contribution >= 4 is 17.5 Å². The average molecular weight is 367 g/mol. The molecule has 6 nitrogen and oxygen atoms in total. The van der Waals surface area contributed by atoms with Crippen LogP contribution >= 0.6 is 0 Å². The van der Waals surface area contributed by atoms with Gasteiger partial charge in [-0.25, -0.2) is 0 Å². The minimum Gasteiger partial charge on any atom is -0.371 e. The van der Waals surface area contributed by atoms with Gasteiger partial charge in [0, 0.05) is 31.9 Å². The lowest BCUT2D eigenvalue weighted by molar-refractivity contribution is -0.136. The molecule has 1 atom stereocenters. The molecular weight excluding hydrogens is 342 g/mol. The van der Waals surface area contributed by atoms with E-state index in [1.54, 1.807) is 24.3 Å². The molecule has 2 aromatic carbocycles. The van der Waals surface area contributed by atoms with Gasteiger partial charge in [-0.15, -0.1) is 0 Å². The Labute approximate surface area is 159 Å². The Morgan fingerprint density at radius 1 is 1.00 bits per heavy atom. The van der Waals surface area contributed by atoms with Gasteiger partial charge in [-0.05, 0) is 24.1 Å². The van der Waals surface area contributed by atoms with Gasteiger partial charge in [0.25, 0.3) is 0 Å². The fourth-order valence-corrected chi connectivity index (χ4v) is 3.07. The van der Waals surface area contributed by atoms with Crippen LogP contribution in [0.2, 0.25) is 0 Å². The molecule has 1 saturated heterocycles. The van der Waals surface area contributed by atoms with Gasteiger partial charge in [0.15, 0.2) is 0 Å². The minimum atomic E-state index is -0.642. The molecule has 0 unspecified atom stereocenters. The number of carbonyl (C=O) groups excluding carboxylic acids is 2. The maximum absolute atomic E-state index is 11.9. The number of carbonyl (C=O) groups is 2. The van der Waals surface area contributed by atoms with Crippen LogP contribution in [0.4, 0.5) is 5.69 Å². The van der Waals surface area contributed by atoms with Crippen LogP contribution in [0.15, 0.2) is 60.7 Å². The van der Waals surface area contributed by atoms with Gasteiger partial charge >= 0.3 is 11.8 Å². The lowest BCUT2D eigenvalue weighted by atomic mass is 10.1. The molecule has 2 aromatic rings. The number of anilines is 1. The van der Waals surface area contributed by atoms with Crippen molar-refractivity contribution in [1.29, 1.82) is 0 Å². The number of nitrogens with zero attached hydrogens (tertiary/aromatic N) is 1. The Morgan fingerprint density at radius 2 is 1.70 bits per heavy atom. The molecule has 0 aliphatic carbocycles. The van der Waals surface area contributed by atoms with Gasteiger partial charge in [0.1, 0.15) is 0 Å². The van der Waals surface area contributed by atoms with E-state index in [4.69, 9.17) is 4.74 Å². The van der Waals surface area contributed by atoms with Gasteiger partial charge in [-0.2, -0.15) is 0 Å². The highest BCUT2D eigenvalue weighted by molar-refractivity contribution is 6.39. The third-order valence-corrected chi connectivity index (χ3v) is 4.50. The van der Waals surface area contributed by atoms with Crippen molar-refractivity contribution in [2.45, 2.75) is 12.5 Å². The van der Waals surface area contributed by atoms with Crippen molar-refractivity contribution in [3.8, 4) is 0 Å². The number of benzene rings is 2. The lowest BCUT2D eigenvalue weighted by Crippen LogP contribution is -2.41. The zero-order valence-corrected chi connectivity index (χ0v) is 15.3. The van der Waals surface area contributed by atoms with E-state index in [1.807, 2.05) is 24.3 Å². The number of rotatable bonds is 6. The smallest absolute Gasteiger partial charge is 0.313 e. The summed E-state index contributed by atoms with van der Waals surface area (Å²) in [6.45, 7) is 3.74. The summed E-state index contributed by atoms with van der Waals surface area (Å²) in [4.78, 5) is 26.1. The van der Waals surface area contributed by atoms with E-state index in [1.165, 1.54) is 5.56 Å². The van der Waals surface area contributed by atoms with Gasteiger partial charge in [0.05, 0.1) is 12.7 Å². The van der Waals surface area contributed by atoms with Gasteiger partial charge in [0.2, 0.25) is 0 Å². The van der Waals surface area contributed by atoms with Crippen LogP contribution in [-0.4, -0.2) is 49.5 Å². The molecule has 1 aliphatic heterocycles. The SMILES string of the molecule is O=C(NCCCN1CCO[C@@H](c2ccccc2)C1)C(=O)Nc1ccccc1.